The Morgan fingerprint density at radius 2 is 1.14 bits per heavy atom. The van der Waals surface area contributed by atoms with Gasteiger partial charge in [0.05, 0.1) is 11.0 Å². The van der Waals surface area contributed by atoms with Crippen LogP contribution in [0.2, 0.25) is 0 Å². The molecule has 6 heteroatoms. The fourth-order valence-electron chi connectivity index (χ4n) is 8.76. The first kappa shape index (κ1) is 28.5. The predicted molar refractivity (Wildman–Crippen MR) is 199 cm³/mol. The summed E-state index contributed by atoms with van der Waals surface area (Å²) in [7, 11) is 9.30. The summed E-state index contributed by atoms with van der Waals surface area (Å²) in [6.07, 6.45) is 0. The maximum atomic E-state index is 6.48. The number of aromatic nitrogens is 1. The molecule has 0 aliphatic heterocycles. The average molecular weight is 561 g/mol. The summed E-state index contributed by atoms with van der Waals surface area (Å²) in [5, 5.41) is 4.99. The van der Waals surface area contributed by atoms with E-state index < -0.39 is 0 Å². The Kier molecular flexibility index (Phi) is 5.61. The maximum absolute atomic E-state index is 6.48. The molecule has 2 nitrogen and oxygen atoms in total. The van der Waals surface area contributed by atoms with Crippen molar-refractivity contribution in [3.63, 3.8) is 0 Å². The van der Waals surface area contributed by atoms with Crippen LogP contribution in [0.3, 0.4) is 0 Å². The van der Waals surface area contributed by atoms with Crippen molar-refractivity contribution in [1.29, 1.82) is 0 Å². The van der Waals surface area contributed by atoms with Gasteiger partial charge in [0.15, 0.2) is 0 Å². The lowest BCUT2D eigenvalue weighted by molar-refractivity contribution is 0.125. The first-order valence-electron chi connectivity index (χ1n) is 16.0. The molecule has 6 aromatic rings. The fourth-order valence-corrected chi connectivity index (χ4v) is 8.76. The minimum Gasteiger partial charge on any atom is -0.456 e. The first-order chi connectivity index (χ1) is 19.9. The van der Waals surface area contributed by atoms with Gasteiger partial charge in [0, 0.05) is 33.3 Å². The van der Waals surface area contributed by atoms with Crippen LogP contribution in [0, 0.1) is 5.41 Å². The molecule has 0 saturated carbocycles. The Hall–Kier alpha value is -3.26. The van der Waals surface area contributed by atoms with Crippen LogP contribution in [0.15, 0.2) is 52.9 Å². The van der Waals surface area contributed by atoms with E-state index >= 15 is 0 Å². The molecule has 0 fully saturated rings. The Morgan fingerprint density at radius 3 is 1.74 bits per heavy atom. The molecule has 0 N–H and O–H groups in total. The molecule has 2 aromatic heterocycles. The third kappa shape index (κ3) is 3.42. The van der Waals surface area contributed by atoms with Crippen LogP contribution in [-0.4, -0.2) is 36.0 Å². The maximum Gasteiger partial charge on any atom is 0.141 e. The van der Waals surface area contributed by atoms with Crippen molar-refractivity contribution in [2.45, 2.75) is 78.6 Å². The highest BCUT2D eigenvalue weighted by atomic mass is 16.3. The molecule has 0 spiro atoms. The van der Waals surface area contributed by atoms with Crippen molar-refractivity contribution in [3.8, 4) is 5.69 Å². The normalized spacial score (nSPS) is 17.4. The number of hydrogen-bond acceptors (Lipinski definition) is 1. The average Bonchev–Trinajstić information content (AvgIpc) is 3.46. The molecular weight excluding hydrogens is 518 g/mol. The molecule has 0 saturated heterocycles. The minimum absolute atomic E-state index is 0.0249. The van der Waals surface area contributed by atoms with E-state index in [0.717, 1.165) is 11.2 Å². The zero-order valence-electron chi connectivity index (χ0n) is 28.5. The van der Waals surface area contributed by atoms with E-state index in [9.17, 15) is 0 Å². The van der Waals surface area contributed by atoms with Gasteiger partial charge in [0.25, 0.3) is 0 Å². The Labute approximate surface area is 260 Å². The summed E-state index contributed by atoms with van der Waals surface area (Å²) in [6, 6.07) is 18.2. The van der Waals surface area contributed by atoms with Crippen LogP contribution in [0.4, 0.5) is 0 Å². The topological polar surface area (TPSA) is 18.1 Å². The second kappa shape index (κ2) is 8.46. The summed E-state index contributed by atoms with van der Waals surface area (Å²) in [4.78, 5) is 0. The molecule has 0 radical (unpaired) electrons. The fraction of sp³-hybridized carbons (Fsp3) is 0.351. The van der Waals surface area contributed by atoms with Crippen LogP contribution >= 0.6 is 0 Å². The second-order valence-corrected chi connectivity index (χ2v) is 16.1. The van der Waals surface area contributed by atoms with Gasteiger partial charge >= 0.3 is 0 Å². The van der Waals surface area contributed by atoms with E-state index in [-0.39, 0.29) is 21.7 Å². The van der Waals surface area contributed by atoms with Gasteiger partial charge in [0.1, 0.15) is 42.6 Å². The number of fused-ring (bicyclic) bond motifs is 7. The molecule has 0 amide bonds. The van der Waals surface area contributed by atoms with E-state index in [1.54, 1.807) is 0 Å². The first-order valence-corrected chi connectivity index (χ1v) is 16.0. The molecule has 0 atom stereocenters. The molecule has 214 valence electrons. The van der Waals surface area contributed by atoms with Crippen LogP contribution in [0.25, 0.3) is 49.4 Å². The largest absolute Gasteiger partial charge is 0.456 e. The van der Waals surface area contributed by atoms with Crippen molar-refractivity contribution < 1.29 is 4.42 Å². The summed E-state index contributed by atoms with van der Waals surface area (Å²) < 4.78 is 9.05. The Morgan fingerprint density at radius 1 is 0.605 bits per heavy atom. The summed E-state index contributed by atoms with van der Waals surface area (Å²) >= 11 is 0. The van der Waals surface area contributed by atoms with Gasteiger partial charge in [-0.1, -0.05) is 108 Å². The lowest BCUT2D eigenvalue weighted by atomic mass is 9.59. The van der Waals surface area contributed by atoms with Crippen LogP contribution < -0.4 is 21.9 Å². The SMILES string of the molecule is Bc1c(B)c(C(C)(C)C)c(B)c(B)c1-n1c2cc3c(cc2c2cc4c(cc21)oc1ccccc14)C(C)(C)C(C)(C)C3(C)C. The number of para-hydroxylation sites is 1. The Balaban J connectivity index is 1.71. The highest BCUT2D eigenvalue weighted by Crippen LogP contribution is 2.62. The van der Waals surface area contributed by atoms with Crippen molar-refractivity contribution >= 4 is 97.0 Å². The molecule has 0 bridgehead atoms. The molecule has 7 rings (SSSR count). The summed E-state index contributed by atoms with van der Waals surface area (Å²) in [6.45, 7) is 21.7. The molecule has 1 aliphatic carbocycles. The number of furan rings is 1. The van der Waals surface area contributed by atoms with Gasteiger partial charge in [-0.05, 0) is 57.1 Å². The zero-order valence-corrected chi connectivity index (χ0v) is 28.5. The molecule has 0 unspecified atom stereocenters. The zero-order chi connectivity index (χ0) is 31.2. The third-order valence-corrected chi connectivity index (χ3v) is 12.4. The molecule has 43 heavy (non-hydrogen) atoms. The lowest BCUT2D eigenvalue weighted by Crippen LogP contribution is -2.50. The van der Waals surface area contributed by atoms with Gasteiger partial charge < -0.3 is 8.98 Å². The van der Waals surface area contributed by atoms with Crippen molar-refractivity contribution in [3.05, 3.63) is 65.2 Å². The number of benzene rings is 4. The van der Waals surface area contributed by atoms with Crippen molar-refractivity contribution in [2.75, 3.05) is 0 Å². The number of hydrogen-bond donors (Lipinski definition) is 0. The van der Waals surface area contributed by atoms with E-state index in [1.807, 2.05) is 0 Å². The van der Waals surface area contributed by atoms with Gasteiger partial charge in [-0.2, -0.15) is 0 Å². The highest BCUT2D eigenvalue weighted by Gasteiger charge is 2.57. The smallest absolute Gasteiger partial charge is 0.141 e. The minimum atomic E-state index is 0.0249. The summed E-state index contributed by atoms with van der Waals surface area (Å²) in [5.74, 6) is 0. The molecule has 4 aromatic carbocycles. The van der Waals surface area contributed by atoms with Gasteiger partial charge in [-0.3, -0.25) is 0 Å². The van der Waals surface area contributed by atoms with E-state index in [4.69, 9.17) is 4.42 Å². The van der Waals surface area contributed by atoms with Gasteiger partial charge in [-0.15, -0.1) is 0 Å². The second-order valence-electron chi connectivity index (χ2n) is 16.1. The van der Waals surface area contributed by atoms with Gasteiger partial charge in [-0.25, -0.2) is 0 Å². The van der Waals surface area contributed by atoms with E-state index in [0.29, 0.717) is 0 Å². The third-order valence-electron chi connectivity index (χ3n) is 12.4. The van der Waals surface area contributed by atoms with E-state index in [1.165, 1.54) is 76.8 Å². The number of nitrogens with zero attached hydrogens (tertiary/aromatic N) is 1. The van der Waals surface area contributed by atoms with Crippen LogP contribution in [0.5, 0.6) is 0 Å². The van der Waals surface area contributed by atoms with Crippen LogP contribution in [-0.2, 0) is 16.2 Å². The molecule has 2 heterocycles. The monoisotopic (exact) mass is 561 g/mol. The molecular formula is C37H43B4NO. The van der Waals surface area contributed by atoms with Gasteiger partial charge in [0.2, 0.25) is 0 Å². The quantitative estimate of drug-likeness (QED) is 0.281. The standard InChI is InChI=1S/C37H43B4NO/c1-34(2,3)28-29(38)31(40)33(32(41)30(28)39)42-24-16-23-22(35(4,5)37(8,9)36(23,6)7)15-20(24)19-14-21-18-12-10-11-13-26(18)43-27(21)17-25(19)42/h10-17H,38-41H2,1-9H3. The Bertz CT molecular complexity index is 2160. The highest BCUT2D eigenvalue weighted by molar-refractivity contribution is 6.59. The number of rotatable bonds is 1. The summed E-state index contributed by atoms with van der Waals surface area (Å²) in [5.41, 5.74) is 15.9. The van der Waals surface area contributed by atoms with Crippen molar-refractivity contribution in [1.82, 2.24) is 4.57 Å². The predicted octanol–water partition coefficient (Wildman–Crippen LogP) is 3.61. The van der Waals surface area contributed by atoms with Crippen LogP contribution in [0.1, 0.15) is 79.0 Å². The lowest BCUT2D eigenvalue weighted by Gasteiger charge is -2.44. The van der Waals surface area contributed by atoms with Crippen molar-refractivity contribution in [2.24, 2.45) is 5.41 Å². The molecule has 1 aliphatic rings. The van der Waals surface area contributed by atoms with E-state index in [2.05, 4.69) is 147 Å².